The highest BCUT2D eigenvalue weighted by Gasteiger charge is 2.55. The van der Waals surface area contributed by atoms with E-state index >= 15 is 0 Å². The van der Waals surface area contributed by atoms with E-state index in [-0.39, 0.29) is 53.5 Å². The molecular formula is C21H23ClF3N3O8S3. The number of rotatable bonds is 7. The summed E-state index contributed by atoms with van der Waals surface area (Å²) >= 11 is 5.99. The zero-order valence-corrected chi connectivity index (χ0v) is 23.5. The first-order valence-electron chi connectivity index (χ1n) is 10.9. The molecule has 39 heavy (non-hydrogen) atoms. The maximum atomic E-state index is 13.1. The van der Waals surface area contributed by atoms with Crippen LogP contribution >= 0.6 is 11.6 Å². The van der Waals surface area contributed by atoms with Crippen LogP contribution < -0.4 is 5.32 Å². The summed E-state index contributed by atoms with van der Waals surface area (Å²) in [6.07, 6.45) is -4.30. The fourth-order valence-corrected chi connectivity index (χ4v) is 7.23. The number of piperazine rings is 1. The fraction of sp³-hybridized carbons (Fsp3) is 0.381. The van der Waals surface area contributed by atoms with E-state index < -0.39 is 52.6 Å². The van der Waals surface area contributed by atoms with Gasteiger partial charge in [0.05, 0.1) is 25.4 Å². The van der Waals surface area contributed by atoms with Crippen molar-refractivity contribution < 1.29 is 48.3 Å². The Morgan fingerprint density at radius 2 is 1.26 bits per heavy atom. The Balaban J connectivity index is 1.73. The number of hydrogen-bond donors (Lipinski definition) is 2. The maximum Gasteiger partial charge on any atom is 0.426 e. The molecule has 1 aliphatic heterocycles. The topological polar surface area (TPSA) is 158 Å². The number of halogens is 4. The van der Waals surface area contributed by atoms with E-state index in [2.05, 4.69) is 0 Å². The first-order chi connectivity index (χ1) is 17.7. The van der Waals surface area contributed by atoms with Crippen LogP contribution in [0.1, 0.15) is 6.92 Å². The predicted molar refractivity (Wildman–Crippen MR) is 134 cm³/mol. The van der Waals surface area contributed by atoms with Gasteiger partial charge in [-0.05, 0) is 49.4 Å². The third kappa shape index (κ3) is 6.39. The predicted octanol–water partition coefficient (Wildman–Crippen LogP) is 1.69. The molecule has 0 radical (unpaired) electrons. The van der Waals surface area contributed by atoms with Crippen molar-refractivity contribution in [1.82, 2.24) is 8.61 Å². The maximum absolute atomic E-state index is 13.1. The molecule has 0 aliphatic carbocycles. The Kier molecular flexibility index (Phi) is 8.50. The van der Waals surface area contributed by atoms with Crippen LogP contribution in [0.5, 0.6) is 0 Å². The van der Waals surface area contributed by atoms with E-state index in [0.29, 0.717) is 0 Å². The standard InChI is InChI=1S/C21H23ClF3N3O8S3/c1-20(30,21(23,24)25)19(29)26-18-8-7-16(13-17(18)22)39(35,36)28-11-9-27(10-12-28)38(33,34)15-5-3-14(4-6-15)37(2,31)32/h3-8,13,30H,9-12H2,1-2H3,(H,26,29). The van der Waals surface area contributed by atoms with Crippen LogP contribution in [-0.4, -0.2) is 89.1 Å². The number of carbonyl (C=O) groups is 1. The largest absolute Gasteiger partial charge is 0.426 e. The van der Waals surface area contributed by atoms with Gasteiger partial charge < -0.3 is 10.4 Å². The number of hydrogen-bond acceptors (Lipinski definition) is 8. The molecule has 0 saturated carbocycles. The number of nitrogens with one attached hydrogen (secondary N) is 1. The van der Waals surface area contributed by atoms with Gasteiger partial charge in [-0.1, -0.05) is 11.6 Å². The Morgan fingerprint density at radius 1 is 0.846 bits per heavy atom. The Bertz CT molecular complexity index is 1590. The van der Waals surface area contributed by atoms with Crippen LogP contribution in [0.2, 0.25) is 5.02 Å². The van der Waals surface area contributed by atoms with Gasteiger partial charge >= 0.3 is 6.18 Å². The number of alkyl halides is 3. The fourth-order valence-electron chi connectivity index (χ4n) is 3.44. The molecule has 1 saturated heterocycles. The van der Waals surface area contributed by atoms with E-state index in [9.17, 15) is 48.3 Å². The lowest BCUT2D eigenvalue weighted by molar-refractivity contribution is -0.242. The molecule has 1 unspecified atom stereocenters. The number of sulfone groups is 1. The Hall–Kier alpha value is -2.28. The minimum absolute atomic E-state index is 0.0626. The minimum atomic E-state index is -5.28. The quantitative estimate of drug-likeness (QED) is 0.466. The van der Waals surface area contributed by atoms with Gasteiger partial charge in [0.25, 0.3) is 5.91 Å². The lowest BCUT2D eigenvalue weighted by Crippen LogP contribution is -2.52. The molecule has 18 heteroatoms. The molecule has 1 atom stereocenters. The van der Waals surface area contributed by atoms with Gasteiger partial charge in [-0.25, -0.2) is 25.3 Å². The number of nitrogens with zero attached hydrogens (tertiary/aromatic N) is 2. The summed E-state index contributed by atoms with van der Waals surface area (Å²) in [5.74, 6) is -1.82. The highest BCUT2D eigenvalue weighted by atomic mass is 35.5. The van der Waals surface area contributed by atoms with Crippen LogP contribution in [0.3, 0.4) is 0 Å². The van der Waals surface area contributed by atoms with Crippen molar-refractivity contribution in [1.29, 1.82) is 0 Å². The average molecular weight is 634 g/mol. The van der Waals surface area contributed by atoms with Crippen LogP contribution in [0.25, 0.3) is 0 Å². The monoisotopic (exact) mass is 633 g/mol. The molecule has 11 nitrogen and oxygen atoms in total. The van der Waals surface area contributed by atoms with Crippen molar-refractivity contribution in [3.63, 3.8) is 0 Å². The van der Waals surface area contributed by atoms with Gasteiger partial charge in [0, 0.05) is 32.4 Å². The second kappa shape index (κ2) is 10.6. The van der Waals surface area contributed by atoms with Crippen molar-refractivity contribution in [3.8, 4) is 0 Å². The smallest absolute Gasteiger partial charge is 0.373 e. The number of aliphatic hydroxyl groups is 1. The zero-order chi connectivity index (χ0) is 29.6. The van der Waals surface area contributed by atoms with Crippen LogP contribution in [0.15, 0.2) is 57.2 Å². The SMILES string of the molecule is CC(O)(C(=O)Nc1ccc(S(=O)(=O)N2CCN(S(=O)(=O)c3ccc(S(C)(=O)=O)cc3)CC2)cc1Cl)C(F)(F)F. The van der Waals surface area contributed by atoms with Crippen molar-refractivity contribution in [2.75, 3.05) is 37.8 Å². The van der Waals surface area contributed by atoms with Gasteiger partial charge in [0.1, 0.15) is 0 Å². The van der Waals surface area contributed by atoms with Crippen molar-refractivity contribution in [2.45, 2.75) is 33.4 Å². The molecule has 0 spiro atoms. The molecule has 1 fully saturated rings. The van der Waals surface area contributed by atoms with Gasteiger partial charge in [-0.15, -0.1) is 0 Å². The highest BCUT2D eigenvalue weighted by Crippen LogP contribution is 2.33. The summed E-state index contributed by atoms with van der Waals surface area (Å²) in [5, 5.41) is 10.9. The van der Waals surface area contributed by atoms with Gasteiger partial charge in [-0.2, -0.15) is 21.8 Å². The van der Waals surface area contributed by atoms with Crippen molar-refractivity contribution in [2.24, 2.45) is 0 Å². The molecule has 2 aromatic rings. The first kappa shape index (κ1) is 31.3. The second-order valence-corrected chi connectivity index (χ2v) is 15.0. The summed E-state index contributed by atoms with van der Waals surface area (Å²) in [4.78, 5) is 11.3. The van der Waals surface area contributed by atoms with Crippen LogP contribution in [0, 0.1) is 0 Å². The van der Waals surface area contributed by atoms with E-state index in [4.69, 9.17) is 11.6 Å². The number of benzene rings is 2. The molecule has 2 aromatic carbocycles. The van der Waals surface area contributed by atoms with Crippen molar-refractivity contribution in [3.05, 3.63) is 47.5 Å². The lowest BCUT2D eigenvalue weighted by atomic mass is 10.1. The molecule has 3 rings (SSSR count). The summed E-state index contributed by atoms with van der Waals surface area (Å²) in [6.45, 7) is -0.672. The minimum Gasteiger partial charge on any atom is -0.373 e. The molecular weight excluding hydrogens is 611 g/mol. The normalized spacial score (nSPS) is 17.9. The zero-order valence-electron chi connectivity index (χ0n) is 20.3. The van der Waals surface area contributed by atoms with Gasteiger partial charge in [-0.3, -0.25) is 4.79 Å². The van der Waals surface area contributed by atoms with E-state index in [1.807, 2.05) is 5.32 Å². The molecule has 1 amide bonds. The Morgan fingerprint density at radius 3 is 1.67 bits per heavy atom. The summed E-state index contributed by atoms with van der Waals surface area (Å²) in [7, 11) is -11.8. The molecule has 2 N–H and O–H groups in total. The number of sulfonamides is 2. The Labute approximate surface area is 228 Å². The second-order valence-electron chi connectivity index (χ2n) is 8.72. The van der Waals surface area contributed by atoms with Crippen LogP contribution in [-0.2, 0) is 34.7 Å². The number of carbonyl (C=O) groups excluding carboxylic acids is 1. The lowest BCUT2D eigenvalue weighted by Gasteiger charge is -2.33. The first-order valence-corrected chi connectivity index (χ1v) is 16.0. The van der Waals surface area contributed by atoms with Crippen LogP contribution in [0.4, 0.5) is 18.9 Å². The molecule has 0 aromatic heterocycles. The number of anilines is 1. The summed E-state index contributed by atoms with van der Waals surface area (Å²) < 4.78 is 116. The van der Waals surface area contributed by atoms with Crippen molar-refractivity contribution >= 4 is 53.1 Å². The summed E-state index contributed by atoms with van der Waals surface area (Å²) in [5.41, 5.74) is -4.10. The van der Waals surface area contributed by atoms with E-state index in [1.165, 1.54) is 0 Å². The third-order valence-electron chi connectivity index (χ3n) is 5.91. The van der Waals surface area contributed by atoms with E-state index in [1.54, 1.807) is 0 Å². The number of amides is 1. The van der Waals surface area contributed by atoms with Gasteiger partial charge in [0.15, 0.2) is 9.84 Å². The third-order valence-corrected chi connectivity index (χ3v) is 11.2. The highest BCUT2D eigenvalue weighted by molar-refractivity contribution is 7.91. The molecule has 216 valence electrons. The molecule has 0 bridgehead atoms. The summed E-state index contributed by atoms with van der Waals surface area (Å²) in [6, 6.07) is 7.45. The van der Waals surface area contributed by atoms with Gasteiger partial charge in [0.2, 0.25) is 25.6 Å². The van der Waals surface area contributed by atoms with E-state index in [0.717, 1.165) is 57.3 Å². The molecule has 1 heterocycles. The average Bonchev–Trinajstić information content (AvgIpc) is 2.84. The molecule has 1 aliphatic rings.